The third-order valence-corrected chi connectivity index (χ3v) is 6.16. The van der Waals surface area contributed by atoms with Crippen molar-refractivity contribution in [2.24, 2.45) is 0 Å². The van der Waals surface area contributed by atoms with Crippen LogP contribution < -0.4 is 0 Å². The average Bonchev–Trinajstić information content (AvgIpc) is 2.91. The number of hydrogen-bond acceptors (Lipinski definition) is 6. The van der Waals surface area contributed by atoms with Crippen molar-refractivity contribution in [2.75, 3.05) is 13.2 Å². The van der Waals surface area contributed by atoms with Gasteiger partial charge in [-0.25, -0.2) is 4.79 Å². The van der Waals surface area contributed by atoms with Crippen molar-refractivity contribution in [1.29, 1.82) is 0 Å². The van der Waals surface area contributed by atoms with E-state index >= 15 is 0 Å². The second-order valence-corrected chi connectivity index (χ2v) is 7.88. The monoisotopic (exact) mass is 395 g/mol. The first kappa shape index (κ1) is 18.4. The van der Waals surface area contributed by atoms with Crippen molar-refractivity contribution in [3.8, 4) is 0 Å². The number of carbonyl (C=O) groups excluding carboxylic acids is 4. The van der Waals surface area contributed by atoms with Gasteiger partial charge in [0.2, 0.25) is 0 Å². The molecule has 2 aliphatic heterocycles. The predicted octanol–water partition coefficient (Wildman–Crippen LogP) is 2.35. The number of fused-ring (bicyclic) bond motifs is 2. The van der Waals surface area contributed by atoms with Gasteiger partial charge in [0.15, 0.2) is 5.78 Å². The lowest BCUT2D eigenvalue weighted by atomic mass is 9.88. The number of allylic oxidation sites excluding steroid dienone is 1. The van der Waals surface area contributed by atoms with Gasteiger partial charge in [0.05, 0.1) is 12.1 Å². The number of esters is 1. The third kappa shape index (κ3) is 2.92. The van der Waals surface area contributed by atoms with Crippen LogP contribution in [0.15, 0.2) is 62.9 Å². The summed E-state index contributed by atoms with van der Waals surface area (Å²) in [5, 5.41) is 0. The van der Waals surface area contributed by atoms with Crippen molar-refractivity contribution >= 4 is 35.3 Å². The molecule has 0 spiro atoms. The maximum absolute atomic E-state index is 13.0. The van der Waals surface area contributed by atoms with E-state index in [1.807, 2.05) is 24.3 Å². The Labute approximate surface area is 165 Å². The topological polar surface area (TPSA) is 80.8 Å². The van der Waals surface area contributed by atoms with Crippen LogP contribution in [0.4, 0.5) is 0 Å². The Hall–Kier alpha value is -2.93. The molecule has 1 aliphatic carbocycles. The first-order chi connectivity index (χ1) is 13.4. The third-order valence-electron chi connectivity index (χ3n) is 4.89. The molecule has 4 rings (SSSR count). The molecule has 1 aromatic rings. The van der Waals surface area contributed by atoms with Gasteiger partial charge in [0.25, 0.3) is 11.8 Å². The van der Waals surface area contributed by atoms with Crippen LogP contribution >= 0.6 is 11.8 Å². The maximum Gasteiger partial charge on any atom is 0.333 e. The van der Waals surface area contributed by atoms with E-state index in [9.17, 15) is 19.2 Å². The number of ketones is 1. The summed E-state index contributed by atoms with van der Waals surface area (Å²) in [6, 6.07) is 7.73. The van der Waals surface area contributed by atoms with Gasteiger partial charge in [-0.2, -0.15) is 0 Å². The molecule has 0 saturated carbocycles. The van der Waals surface area contributed by atoms with Crippen LogP contribution in [0.25, 0.3) is 0 Å². The van der Waals surface area contributed by atoms with Crippen LogP contribution in [0.2, 0.25) is 0 Å². The highest BCUT2D eigenvalue weighted by Gasteiger charge is 2.45. The lowest BCUT2D eigenvalue weighted by molar-refractivity contribution is -0.144. The summed E-state index contributed by atoms with van der Waals surface area (Å²) in [5.41, 5.74) is 2.45. The molecule has 0 N–H and O–H groups in total. The summed E-state index contributed by atoms with van der Waals surface area (Å²) in [5.74, 6) is -1.60. The molecular weight excluding hydrogens is 378 g/mol. The molecule has 142 valence electrons. The Kier molecular flexibility index (Phi) is 4.55. The minimum Gasteiger partial charge on any atom is -0.460 e. The molecule has 0 bridgehead atoms. The van der Waals surface area contributed by atoms with Crippen LogP contribution in [0, 0.1) is 0 Å². The molecule has 7 heteroatoms. The summed E-state index contributed by atoms with van der Waals surface area (Å²) in [7, 11) is 0. The molecular formula is C21H17NO5S. The van der Waals surface area contributed by atoms with Crippen molar-refractivity contribution < 1.29 is 23.9 Å². The molecule has 6 nitrogen and oxygen atoms in total. The molecule has 0 radical (unpaired) electrons. The van der Waals surface area contributed by atoms with Crippen molar-refractivity contribution in [2.45, 2.75) is 24.7 Å². The molecule has 0 aromatic heterocycles. The number of nitrogens with zero attached hydrogens (tertiary/aromatic N) is 1. The van der Waals surface area contributed by atoms with Crippen LogP contribution in [-0.2, 0) is 30.3 Å². The Morgan fingerprint density at radius 1 is 1.14 bits per heavy atom. The standard InChI is InChI=1S/C21H17NO5S/c1-11(2)21(26)27-8-7-22-19(24)14-10-15(23)13-9-12-5-3-4-6-16(12)28-18(13)17(14)20(22)25/h3-6H,1,7-10H2,2H3. The highest BCUT2D eigenvalue weighted by Crippen LogP contribution is 2.48. The second-order valence-electron chi connectivity index (χ2n) is 6.83. The number of thioether (sulfide) groups is 1. The van der Waals surface area contributed by atoms with Gasteiger partial charge < -0.3 is 4.74 Å². The number of hydrogen-bond donors (Lipinski definition) is 0. The van der Waals surface area contributed by atoms with Gasteiger partial charge in [-0.1, -0.05) is 36.5 Å². The lowest BCUT2D eigenvalue weighted by Gasteiger charge is -2.25. The molecule has 28 heavy (non-hydrogen) atoms. The molecule has 1 aromatic carbocycles. The fourth-order valence-electron chi connectivity index (χ4n) is 3.47. The average molecular weight is 395 g/mol. The van der Waals surface area contributed by atoms with Crippen LogP contribution in [-0.4, -0.2) is 41.6 Å². The fourth-order valence-corrected chi connectivity index (χ4v) is 4.73. The SMILES string of the molecule is C=C(C)C(=O)OCCN1C(=O)C2=C(C1=O)C1=C(Cc3ccccc3S1)C(=O)C2. The summed E-state index contributed by atoms with van der Waals surface area (Å²) in [6.07, 6.45) is 0.398. The molecule has 0 saturated heterocycles. The van der Waals surface area contributed by atoms with Gasteiger partial charge in [-0.15, -0.1) is 0 Å². The van der Waals surface area contributed by atoms with E-state index in [0.717, 1.165) is 15.4 Å². The summed E-state index contributed by atoms with van der Waals surface area (Å²) >= 11 is 1.37. The van der Waals surface area contributed by atoms with Gasteiger partial charge in [-0.05, 0) is 18.6 Å². The van der Waals surface area contributed by atoms with Gasteiger partial charge in [-0.3, -0.25) is 19.3 Å². The molecule has 2 heterocycles. The predicted molar refractivity (Wildman–Crippen MR) is 102 cm³/mol. The van der Waals surface area contributed by atoms with E-state index in [-0.39, 0.29) is 36.5 Å². The highest BCUT2D eigenvalue weighted by atomic mass is 32.2. The zero-order chi connectivity index (χ0) is 20.0. The Morgan fingerprint density at radius 3 is 2.64 bits per heavy atom. The van der Waals surface area contributed by atoms with E-state index in [4.69, 9.17) is 4.74 Å². The van der Waals surface area contributed by atoms with Gasteiger partial charge in [0.1, 0.15) is 6.61 Å². The lowest BCUT2D eigenvalue weighted by Crippen LogP contribution is -2.35. The minimum absolute atomic E-state index is 0.0538. The summed E-state index contributed by atoms with van der Waals surface area (Å²) < 4.78 is 5.00. The Bertz CT molecular complexity index is 1030. The number of rotatable bonds is 4. The molecule has 2 amide bonds. The highest BCUT2D eigenvalue weighted by molar-refractivity contribution is 8.03. The molecule has 0 fully saturated rings. The van der Waals surface area contributed by atoms with Gasteiger partial charge in [0, 0.05) is 39.4 Å². The summed E-state index contributed by atoms with van der Waals surface area (Å²) in [4.78, 5) is 52.5. The van der Waals surface area contributed by atoms with Crippen molar-refractivity contribution in [1.82, 2.24) is 4.90 Å². The van der Waals surface area contributed by atoms with Crippen LogP contribution in [0.1, 0.15) is 18.9 Å². The van der Waals surface area contributed by atoms with E-state index < -0.39 is 17.8 Å². The van der Waals surface area contributed by atoms with Gasteiger partial charge >= 0.3 is 5.97 Å². The van der Waals surface area contributed by atoms with E-state index in [1.165, 1.54) is 18.7 Å². The first-order valence-electron chi connectivity index (χ1n) is 8.83. The first-order valence-corrected chi connectivity index (χ1v) is 9.64. The maximum atomic E-state index is 13.0. The zero-order valence-corrected chi connectivity index (χ0v) is 16.1. The molecule has 0 atom stereocenters. The number of carbonyl (C=O) groups is 4. The van der Waals surface area contributed by atoms with Crippen LogP contribution in [0.3, 0.4) is 0 Å². The number of amides is 2. The number of Topliss-reactive ketones (excluding diaryl/α,β-unsaturated/α-hetero) is 1. The van der Waals surface area contributed by atoms with Crippen molar-refractivity contribution in [3.63, 3.8) is 0 Å². The van der Waals surface area contributed by atoms with Crippen molar-refractivity contribution in [3.05, 3.63) is 63.6 Å². The van der Waals surface area contributed by atoms with E-state index in [1.54, 1.807) is 0 Å². The normalized spacial score (nSPS) is 18.2. The zero-order valence-electron chi connectivity index (χ0n) is 15.2. The second kappa shape index (κ2) is 6.91. The fraction of sp³-hybridized carbons (Fsp3) is 0.238. The number of ether oxygens (including phenoxy) is 1. The largest absolute Gasteiger partial charge is 0.460 e. The Morgan fingerprint density at radius 2 is 1.89 bits per heavy atom. The summed E-state index contributed by atoms with van der Waals surface area (Å²) in [6.45, 7) is 4.84. The molecule has 0 unspecified atom stereocenters. The van der Waals surface area contributed by atoms with E-state index in [0.29, 0.717) is 22.5 Å². The van der Waals surface area contributed by atoms with E-state index in [2.05, 4.69) is 6.58 Å². The minimum atomic E-state index is -0.573. The smallest absolute Gasteiger partial charge is 0.333 e. The number of benzene rings is 1. The van der Waals surface area contributed by atoms with Crippen LogP contribution in [0.5, 0.6) is 0 Å². The Balaban J connectivity index is 1.59. The quantitative estimate of drug-likeness (QED) is 0.442. The number of imide groups is 1. The molecule has 3 aliphatic rings.